The smallest absolute Gasteiger partial charge is 0.338 e. The van der Waals surface area contributed by atoms with Crippen LogP contribution in [-0.4, -0.2) is 17.6 Å². The van der Waals surface area contributed by atoms with Gasteiger partial charge >= 0.3 is 5.97 Å². The van der Waals surface area contributed by atoms with Crippen molar-refractivity contribution in [3.05, 3.63) is 71.4 Å². The average Bonchev–Trinajstić information content (AvgIpc) is 2.84. The van der Waals surface area contributed by atoms with Crippen molar-refractivity contribution in [1.82, 2.24) is 4.57 Å². The van der Waals surface area contributed by atoms with E-state index in [0.29, 0.717) is 12.1 Å². The third kappa shape index (κ3) is 2.42. The van der Waals surface area contributed by atoms with Crippen LogP contribution in [0.25, 0.3) is 10.9 Å². The lowest BCUT2D eigenvalue weighted by molar-refractivity contribution is 0.0599. The van der Waals surface area contributed by atoms with E-state index in [4.69, 9.17) is 4.74 Å². The monoisotopic (exact) mass is 279 g/mol. The minimum absolute atomic E-state index is 0.293. The highest BCUT2D eigenvalue weighted by molar-refractivity contribution is 5.91. The molecular formula is C18H17NO2. The molecule has 3 heteroatoms. The van der Waals surface area contributed by atoms with Gasteiger partial charge in [0.15, 0.2) is 0 Å². The Morgan fingerprint density at radius 1 is 1.10 bits per heavy atom. The molecule has 0 saturated heterocycles. The van der Waals surface area contributed by atoms with Gasteiger partial charge in [-0.3, -0.25) is 0 Å². The lowest BCUT2D eigenvalue weighted by Gasteiger charge is -2.10. The number of methoxy groups -OCH3 is 1. The van der Waals surface area contributed by atoms with Crippen molar-refractivity contribution < 1.29 is 9.53 Å². The number of hydrogen-bond acceptors (Lipinski definition) is 2. The van der Waals surface area contributed by atoms with Crippen molar-refractivity contribution in [1.29, 1.82) is 0 Å². The summed E-state index contributed by atoms with van der Waals surface area (Å²) in [6, 6.07) is 15.9. The Morgan fingerprint density at radius 3 is 2.62 bits per heavy atom. The topological polar surface area (TPSA) is 31.2 Å². The molecule has 0 aliphatic carbocycles. The second-order valence-electron chi connectivity index (χ2n) is 5.11. The quantitative estimate of drug-likeness (QED) is 0.683. The van der Waals surface area contributed by atoms with Gasteiger partial charge in [-0.2, -0.15) is 0 Å². The van der Waals surface area contributed by atoms with Gasteiger partial charge in [-0.1, -0.05) is 36.4 Å². The minimum atomic E-state index is -0.293. The number of ether oxygens (including phenoxy) is 1. The number of aryl methyl sites for hydroxylation is 1. The first-order valence-electron chi connectivity index (χ1n) is 6.91. The summed E-state index contributed by atoms with van der Waals surface area (Å²) in [7, 11) is 1.41. The summed E-state index contributed by atoms with van der Waals surface area (Å²) >= 11 is 0. The summed E-state index contributed by atoms with van der Waals surface area (Å²) in [5.41, 5.74) is 4.00. The molecule has 0 N–H and O–H groups in total. The number of esters is 1. The Kier molecular flexibility index (Phi) is 3.48. The summed E-state index contributed by atoms with van der Waals surface area (Å²) in [4.78, 5) is 11.9. The molecule has 0 atom stereocenters. The highest BCUT2D eigenvalue weighted by Gasteiger charge is 2.12. The minimum Gasteiger partial charge on any atom is -0.465 e. The van der Waals surface area contributed by atoms with Crippen molar-refractivity contribution >= 4 is 16.9 Å². The highest BCUT2D eigenvalue weighted by atomic mass is 16.5. The molecule has 3 nitrogen and oxygen atoms in total. The number of carbonyl (C=O) groups excluding carboxylic acids is 1. The predicted molar refractivity (Wildman–Crippen MR) is 83.6 cm³/mol. The van der Waals surface area contributed by atoms with Gasteiger partial charge < -0.3 is 9.30 Å². The van der Waals surface area contributed by atoms with Gasteiger partial charge in [0.25, 0.3) is 0 Å². The van der Waals surface area contributed by atoms with Gasteiger partial charge in [-0.15, -0.1) is 0 Å². The predicted octanol–water partition coefficient (Wildman–Crippen LogP) is 3.78. The molecule has 0 saturated carbocycles. The molecule has 2 aromatic carbocycles. The lowest BCUT2D eigenvalue weighted by Crippen LogP contribution is -2.08. The third-order valence-corrected chi connectivity index (χ3v) is 3.75. The first-order valence-corrected chi connectivity index (χ1v) is 6.91. The first-order chi connectivity index (χ1) is 10.2. The van der Waals surface area contributed by atoms with Crippen molar-refractivity contribution in [2.75, 3.05) is 7.11 Å². The van der Waals surface area contributed by atoms with E-state index in [9.17, 15) is 4.79 Å². The molecule has 21 heavy (non-hydrogen) atoms. The zero-order chi connectivity index (χ0) is 14.8. The Labute approximate surface area is 123 Å². The molecule has 106 valence electrons. The molecule has 0 amide bonds. The van der Waals surface area contributed by atoms with Gasteiger partial charge in [-0.05, 0) is 30.2 Å². The summed E-state index contributed by atoms with van der Waals surface area (Å²) in [6.07, 6.45) is 2.12. The normalized spacial score (nSPS) is 10.8. The number of benzene rings is 2. The molecule has 0 aliphatic heterocycles. The molecule has 1 heterocycles. The number of carbonyl (C=O) groups is 1. The number of fused-ring (bicyclic) bond motifs is 1. The lowest BCUT2D eigenvalue weighted by atomic mass is 10.1. The molecule has 1 aromatic heterocycles. The van der Waals surface area contributed by atoms with Crippen LogP contribution in [0, 0.1) is 6.92 Å². The highest BCUT2D eigenvalue weighted by Crippen LogP contribution is 2.22. The van der Waals surface area contributed by atoms with Crippen molar-refractivity contribution in [3.63, 3.8) is 0 Å². The van der Waals surface area contributed by atoms with Gasteiger partial charge in [0.2, 0.25) is 0 Å². The number of hydrogen-bond donors (Lipinski definition) is 0. The van der Waals surface area contributed by atoms with Gasteiger partial charge in [-0.25, -0.2) is 4.79 Å². The van der Waals surface area contributed by atoms with E-state index in [2.05, 4.69) is 29.8 Å². The average molecular weight is 279 g/mol. The standard InChI is InChI=1S/C18H17NO2/c1-13-11-19(17-10-6-5-8-15(13)17)12-14-7-3-4-9-16(14)18(20)21-2/h3-11H,12H2,1-2H3. The number of aromatic nitrogens is 1. The van der Waals surface area contributed by atoms with Crippen LogP contribution in [0.3, 0.4) is 0 Å². The molecule has 0 unspecified atom stereocenters. The van der Waals surface area contributed by atoms with Crippen LogP contribution in [0.15, 0.2) is 54.7 Å². The summed E-state index contributed by atoms with van der Waals surface area (Å²) < 4.78 is 7.03. The van der Waals surface area contributed by atoms with Crippen LogP contribution in [0.1, 0.15) is 21.5 Å². The van der Waals surface area contributed by atoms with Crippen molar-refractivity contribution in [2.45, 2.75) is 13.5 Å². The van der Waals surface area contributed by atoms with E-state index in [1.165, 1.54) is 23.6 Å². The maximum absolute atomic E-state index is 11.9. The fraction of sp³-hybridized carbons (Fsp3) is 0.167. The van der Waals surface area contributed by atoms with Gasteiger partial charge in [0, 0.05) is 23.6 Å². The Bertz CT molecular complexity index is 802. The second kappa shape index (κ2) is 5.44. The maximum atomic E-state index is 11.9. The molecule has 0 bridgehead atoms. The number of para-hydroxylation sites is 1. The molecule has 3 rings (SSSR count). The van der Waals surface area contributed by atoms with Gasteiger partial charge in [0.05, 0.1) is 12.7 Å². The largest absolute Gasteiger partial charge is 0.465 e. The number of nitrogens with zero attached hydrogens (tertiary/aromatic N) is 1. The fourth-order valence-corrected chi connectivity index (χ4v) is 2.71. The molecular weight excluding hydrogens is 262 g/mol. The molecule has 0 fully saturated rings. The van der Waals surface area contributed by atoms with Crippen LogP contribution < -0.4 is 0 Å². The van der Waals surface area contributed by atoms with E-state index in [0.717, 1.165) is 5.56 Å². The Hall–Kier alpha value is -2.55. The van der Waals surface area contributed by atoms with E-state index < -0.39 is 0 Å². The third-order valence-electron chi connectivity index (χ3n) is 3.75. The second-order valence-corrected chi connectivity index (χ2v) is 5.11. The van der Waals surface area contributed by atoms with E-state index in [1.807, 2.05) is 30.3 Å². The maximum Gasteiger partial charge on any atom is 0.338 e. The van der Waals surface area contributed by atoms with Crippen LogP contribution in [0.2, 0.25) is 0 Å². The summed E-state index contributed by atoms with van der Waals surface area (Å²) in [5, 5.41) is 1.24. The number of rotatable bonds is 3. The Morgan fingerprint density at radius 2 is 1.81 bits per heavy atom. The van der Waals surface area contributed by atoms with E-state index in [1.54, 1.807) is 6.07 Å². The first kappa shape index (κ1) is 13.4. The molecule has 0 radical (unpaired) electrons. The van der Waals surface area contributed by atoms with Crippen LogP contribution in [-0.2, 0) is 11.3 Å². The van der Waals surface area contributed by atoms with Crippen molar-refractivity contribution in [3.8, 4) is 0 Å². The van der Waals surface area contributed by atoms with Crippen LogP contribution in [0.5, 0.6) is 0 Å². The van der Waals surface area contributed by atoms with Crippen LogP contribution >= 0.6 is 0 Å². The molecule has 3 aromatic rings. The Balaban J connectivity index is 2.05. The molecule has 0 spiro atoms. The van der Waals surface area contributed by atoms with Crippen molar-refractivity contribution in [2.24, 2.45) is 0 Å². The molecule has 0 aliphatic rings. The summed E-state index contributed by atoms with van der Waals surface area (Å²) in [6.45, 7) is 2.75. The van der Waals surface area contributed by atoms with E-state index in [-0.39, 0.29) is 5.97 Å². The zero-order valence-electron chi connectivity index (χ0n) is 12.2. The fourth-order valence-electron chi connectivity index (χ4n) is 2.71. The zero-order valence-corrected chi connectivity index (χ0v) is 12.2. The van der Waals surface area contributed by atoms with Crippen LogP contribution in [0.4, 0.5) is 0 Å². The van der Waals surface area contributed by atoms with E-state index >= 15 is 0 Å². The van der Waals surface area contributed by atoms with Gasteiger partial charge in [0.1, 0.15) is 0 Å². The SMILES string of the molecule is COC(=O)c1ccccc1Cn1cc(C)c2ccccc21. The summed E-state index contributed by atoms with van der Waals surface area (Å²) in [5.74, 6) is -0.293.